The van der Waals surface area contributed by atoms with Crippen LogP contribution in [0, 0.1) is 0 Å². The largest absolute Gasteiger partial charge is 0.393 e. The van der Waals surface area contributed by atoms with Gasteiger partial charge < -0.3 is 5.11 Å². The molecule has 1 unspecified atom stereocenters. The number of aliphatic hydroxyl groups is 1. The average Bonchev–Trinajstić information content (AvgIpc) is 2.26. The van der Waals surface area contributed by atoms with Crippen molar-refractivity contribution in [3.63, 3.8) is 0 Å². The lowest BCUT2D eigenvalue weighted by molar-refractivity contribution is 0.159. The van der Waals surface area contributed by atoms with Gasteiger partial charge in [0.05, 0.1) is 6.10 Å². The molecule has 88 valence electrons. The summed E-state index contributed by atoms with van der Waals surface area (Å²) in [5.74, 6) is 0. The number of rotatable bonds is 7. The Hall–Kier alpha value is -0.300. The molecule has 0 heterocycles. The van der Waals surface area contributed by atoms with Crippen LogP contribution >= 0.6 is 0 Å². The highest BCUT2D eigenvalue weighted by Crippen LogP contribution is 2.22. The second-order valence-corrected chi connectivity index (χ2v) is 4.82. The second kappa shape index (κ2) is 7.92. The van der Waals surface area contributed by atoms with E-state index in [1.807, 2.05) is 0 Å². The average molecular weight is 210 g/mol. The summed E-state index contributed by atoms with van der Waals surface area (Å²) in [4.78, 5) is 0. The van der Waals surface area contributed by atoms with Crippen LogP contribution in [-0.2, 0) is 0 Å². The molecule has 0 spiro atoms. The van der Waals surface area contributed by atoms with Gasteiger partial charge in [0, 0.05) is 0 Å². The first kappa shape index (κ1) is 12.8. The van der Waals surface area contributed by atoms with E-state index < -0.39 is 0 Å². The van der Waals surface area contributed by atoms with E-state index in [4.69, 9.17) is 0 Å². The number of allylic oxidation sites excluding steroid dienone is 1. The molecule has 0 amide bonds. The molecule has 0 aromatic carbocycles. The molecule has 0 aromatic rings. The molecule has 1 aliphatic rings. The third-order valence-corrected chi connectivity index (χ3v) is 3.27. The summed E-state index contributed by atoms with van der Waals surface area (Å²) < 4.78 is 0. The van der Waals surface area contributed by atoms with Crippen LogP contribution in [0.2, 0.25) is 0 Å². The molecule has 1 rings (SSSR count). The molecular formula is C14H26O. The van der Waals surface area contributed by atoms with Gasteiger partial charge in [0.15, 0.2) is 0 Å². The Labute approximate surface area is 94.6 Å². The van der Waals surface area contributed by atoms with E-state index in [0.717, 1.165) is 12.8 Å². The second-order valence-electron chi connectivity index (χ2n) is 4.82. The zero-order valence-corrected chi connectivity index (χ0v) is 10.2. The van der Waals surface area contributed by atoms with Crippen LogP contribution in [0.4, 0.5) is 0 Å². The maximum absolute atomic E-state index is 9.86. The summed E-state index contributed by atoms with van der Waals surface area (Å²) in [6, 6.07) is 0. The molecule has 1 heteroatoms. The zero-order valence-electron chi connectivity index (χ0n) is 10.2. The van der Waals surface area contributed by atoms with Crippen molar-refractivity contribution in [1.82, 2.24) is 0 Å². The Kier molecular flexibility index (Phi) is 6.74. The first-order valence-electron chi connectivity index (χ1n) is 6.69. The summed E-state index contributed by atoms with van der Waals surface area (Å²) in [5.41, 5.74) is 1.50. The molecule has 15 heavy (non-hydrogen) atoms. The van der Waals surface area contributed by atoms with E-state index in [1.165, 1.54) is 56.9 Å². The SMILES string of the molecule is CCCCCCC(O)CC1=CCCCC1. The van der Waals surface area contributed by atoms with Crippen LogP contribution in [0.25, 0.3) is 0 Å². The van der Waals surface area contributed by atoms with Crippen molar-refractivity contribution in [3.05, 3.63) is 11.6 Å². The highest BCUT2D eigenvalue weighted by atomic mass is 16.3. The van der Waals surface area contributed by atoms with Crippen molar-refractivity contribution in [2.75, 3.05) is 0 Å². The van der Waals surface area contributed by atoms with Crippen molar-refractivity contribution < 1.29 is 5.11 Å². The molecule has 0 saturated heterocycles. The van der Waals surface area contributed by atoms with Gasteiger partial charge in [0.1, 0.15) is 0 Å². The standard InChI is InChI=1S/C14H26O/c1-2-3-4-8-11-14(15)12-13-9-6-5-7-10-13/h9,14-15H,2-8,10-12H2,1H3. The van der Waals surface area contributed by atoms with Crippen molar-refractivity contribution in [2.45, 2.75) is 77.2 Å². The quantitative estimate of drug-likeness (QED) is 0.493. The fourth-order valence-corrected chi connectivity index (χ4v) is 2.30. The van der Waals surface area contributed by atoms with Gasteiger partial charge in [0.2, 0.25) is 0 Å². The fourth-order valence-electron chi connectivity index (χ4n) is 2.30. The molecule has 1 N–H and O–H groups in total. The van der Waals surface area contributed by atoms with E-state index in [1.54, 1.807) is 0 Å². The Balaban J connectivity index is 2.06. The zero-order chi connectivity index (χ0) is 10.9. The highest BCUT2D eigenvalue weighted by Gasteiger charge is 2.09. The lowest BCUT2D eigenvalue weighted by Crippen LogP contribution is -2.08. The third kappa shape index (κ3) is 5.99. The van der Waals surface area contributed by atoms with E-state index in [9.17, 15) is 5.11 Å². The lowest BCUT2D eigenvalue weighted by atomic mass is 9.93. The Morgan fingerprint density at radius 3 is 2.80 bits per heavy atom. The molecule has 0 fully saturated rings. The molecule has 1 aliphatic carbocycles. The van der Waals surface area contributed by atoms with Gasteiger partial charge in [-0.15, -0.1) is 0 Å². The first-order valence-corrected chi connectivity index (χ1v) is 6.69. The Morgan fingerprint density at radius 1 is 1.27 bits per heavy atom. The Bertz CT molecular complexity index is 184. The van der Waals surface area contributed by atoms with Crippen LogP contribution in [0.5, 0.6) is 0 Å². The minimum absolute atomic E-state index is 0.0776. The summed E-state index contributed by atoms with van der Waals surface area (Å²) in [7, 11) is 0. The van der Waals surface area contributed by atoms with Gasteiger partial charge in [-0.2, -0.15) is 0 Å². The van der Waals surface area contributed by atoms with Crippen molar-refractivity contribution in [3.8, 4) is 0 Å². The van der Waals surface area contributed by atoms with Crippen molar-refractivity contribution >= 4 is 0 Å². The number of hydrogen-bond acceptors (Lipinski definition) is 1. The minimum Gasteiger partial charge on any atom is -0.393 e. The maximum Gasteiger partial charge on any atom is 0.0577 e. The molecule has 0 radical (unpaired) electrons. The molecule has 1 atom stereocenters. The smallest absolute Gasteiger partial charge is 0.0577 e. The minimum atomic E-state index is -0.0776. The van der Waals surface area contributed by atoms with Gasteiger partial charge in [0.25, 0.3) is 0 Å². The number of hydrogen-bond donors (Lipinski definition) is 1. The summed E-state index contributed by atoms with van der Waals surface area (Å²) >= 11 is 0. The van der Waals surface area contributed by atoms with E-state index in [-0.39, 0.29) is 6.10 Å². The van der Waals surface area contributed by atoms with Crippen LogP contribution in [0.15, 0.2) is 11.6 Å². The molecule has 0 aromatic heterocycles. The van der Waals surface area contributed by atoms with Crippen LogP contribution in [0.1, 0.15) is 71.1 Å². The van der Waals surface area contributed by atoms with E-state index in [2.05, 4.69) is 13.0 Å². The summed E-state index contributed by atoms with van der Waals surface area (Å²) in [6.07, 6.45) is 14.4. The monoisotopic (exact) mass is 210 g/mol. The number of aliphatic hydroxyl groups excluding tert-OH is 1. The normalized spacial score (nSPS) is 18.7. The molecule has 0 bridgehead atoms. The predicted octanol–water partition coefficient (Wildman–Crippen LogP) is 4.21. The Morgan fingerprint density at radius 2 is 2.13 bits per heavy atom. The topological polar surface area (TPSA) is 20.2 Å². The summed E-state index contributed by atoms with van der Waals surface area (Å²) in [6.45, 7) is 2.23. The summed E-state index contributed by atoms with van der Waals surface area (Å²) in [5, 5.41) is 9.86. The fraction of sp³-hybridized carbons (Fsp3) is 0.857. The van der Waals surface area contributed by atoms with Crippen molar-refractivity contribution in [1.29, 1.82) is 0 Å². The van der Waals surface area contributed by atoms with E-state index >= 15 is 0 Å². The molecule has 0 saturated carbocycles. The number of unbranched alkanes of at least 4 members (excludes halogenated alkanes) is 3. The van der Waals surface area contributed by atoms with Crippen LogP contribution in [-0.4, -0.2) is 11.2 Å². The molecular weight excluding hydrogens is 184 g/mol. The maximum atomic E-state index is 9.86. The third-order valence-electron chi connectivity index (χ3n) is 3.27. The van der Waals surface area contributed by atoms with Crippen LogP contribution in [0.3, 0.4) is 0 Å². The van der Waals surface area contributed by atoms with Gasteiger partial charge in [-0.25, -0.2) is 0 Å². The predicted molar refractivity (Wildman–Crippen MR) is 65.9 cm³/mol. The van der Waals surface area contributed by atoms with Crippen molar-refractivity contribution in [2.24, 2.45) is 0 Å². The van der Waals surface area contributed by atoms with E-state index in [0.29, 0.717) is 0 Å². The van der Waals surface area contributed by atoms with Gasteiger partial charge in [-0.05, 0) is 38.5 Å². The van der Waals surface area contributed by atoms with Gasteiger partial charge in [-0.1, -0.05) is 44.3 Å². The molecule has 0 aliphatic heterocycles. The van der Waals surface area contributed by atoms with Gasteiger partial charge in [-0.3, -0.25) is 0 Å². The molecule has 1 nitrogen and oxygen atoms in total. The van der Waals surface area contributed by atoms with Gasteiger partial charge >= 0.3 is 0 Å². The lowest BCUT2D eigenvalue weighted by Gasteiger charge is -2.16. The highest BCUT2D eigenvalue weighted by molar-refractivity contribution is 5.06. The first-order chi connectivity index (χ1) is 7.33. The van der Waals surface area contributed by atoms with Crippen LogP contribution < -0.4 is 0 Å².